The molecule has 0 unspecified atom stereocenters. The third-order valence-electron chi connectivity index (χ3n) is 2.89. The monoisotopic (exact) mass is 356 g/mol. The van der Waals surface area contributed by atoms with Gasteiger partial charge in [0.1, 0.15) is 19.0 Å². The van der Waals surface area contributed by atoms with Crippen LogP contribution in [0.25, 0.3) is 0 Å². The van der Waals surface area contributed by atoms with Crippen molar-refractivity contribution in [3.63, 3.8) is 0 Å². The van der Waals surface area contributed by atoms with Gasteiger partial charge < -0.3 is 19.7 Å². The Morgan fingerprint density at radius 2 is 1.50 bits per heavy atom. The number of hydrogen-bond acceptors (Lipinski definition) is 6. The molecule has 1 aromatic rings. The molecule has 1 amide bonds. The van der Waals surface area contributed by atoms with Crippen LogP contribution in [0.3, 0.4) is 0 Å². The SMILES string of the molecule is CCOC(=O)CN(CC(=O)OCC)c1ccc(NC(=O)CCl)cc1. The second-order valence-electron chi connectivity index (χ2n) is 4.69. The van der Waals surface area contributed by atoms with Crippen LogP contribution < -0.4 is 10.2 Å². The smallest absolute Gasteiger partial charge is 0.325 e. The molecule has 0 aromatic heterocycles. The van der Waals surface area contributed by atoms with Crippen LogP contribution in [0.2, 0.25) is 0 Å². The number of alkyl halides is 1. The van der Waals surface area contributed by atoms with E-state index in [1.54, 1.807) is 43.0 Å². The lowest BCUT2D eigenvalue weighted by atomic mass is 10.2. The van der Waals surface area contributed by atoms with Gasteiger partial charge in [0.2, 0.25) is 5.91 Å². The van der Waals surface area contributed by atoms with Gasteiger partial charge in [0.25, 0.3) is 0 Å². The first-order valence-corrected chi connectivity index (χ1v) is 8.05. The molecule has 24 heavy (non-hydrogen) atoms. The maximum Gasteiger partial charge on any atom is 0.325 e. The Morgan fingerprint density at radius 1 is 1.00 bits per heavy atom. The molecule has 0 aliphatic heterocycles. The summed E-state index contributed by atoms with van der Waals surface area (Å²) in [5, 5.41) is 2.61. The molecule has 132 valence electrons. The van der Waals surface area contributed by atoms with Crippen molar-refractivity contribution in [3.05, 3.63) is 24.3 Å². The largest absolute Gasteiger partial charge is 0.465 e. The van der Waals surface area contributed by atoms with E-state index in [0.29, 0.717) is 11.4 Å². The van der Waals surface area contributed by atoms with Crippen molar-refractivity contribution in [3.8, 4) is 0 Å². The van der Waals surface area contributed by atoms with Gasteiger partial charge in [-0.05, 0) is 38.1 Å². The highest BCUT2D eigenvalue weighted by atomic mass is 35.5. The summed E-state index contributed by atoms with van der Waals surface area (Å²) in [5.74, 6) is -1.35. The maximum atomic E-state index is 11.7. The number of benzene rings is 1. The number of halogens is 1. The number of nitrogens with one attached hydrogen (secondary N) is 1. The van der Waals surface area contributed by atoms with Gasteiger partial charge in [0.15, 0.2) is 0 Å². The summed E-state index contributed by atoms with van der Waals surface area (Å²) < 4.78 is 9.84. The molecular weight excluding hydrogens is 336 g/mol. The van der Waals surface area contributed by atoms with Crippen molar-refractivity contribution in [2.24, 2.45) is 0 Å². The number of carbonyl (C=O) groups excluding carboxylic acids is 3. The Morgan fingerprint density at radius 3 is 1.92 bits per heavy atom. The standard InChI is InChI=1S/C16H21ClN2O5/c1-3-23-15(21)10-19(11-16(22)24-4-2)13-7-5-12(6-8-13)18-14(20)9-17/h5-8H,3-4,9-11H2,1-2H3,(H,18,20). The normalized spacial score (nSPS) is 9.96. The molecule has 8 heteroatoms. The Labute approximate surface area is 145 Å². The molecule has 0 atom stereocenters. The van der Waals surface area contributed by atoms with Crippen molar-refractivity contribution in [2.75, 3.05) is 42.4 Å². The molecule has 0 radical (unpaired) electrons. The second-order valence-corrected chi connectivity index (χ2v) is 4.96. The van der Waals surface area contributed by atoms with Crippen molar-refractivity contribution >= 4 is 40.8 Å². The van der Waals surface area contributed by atoms with E-state index < -0.39 is 11.9 Å². The van der Waals surface area contributed by atoms with Crippen LogP contribution in [0.15, 0.2) is 24.3 Å². The third-order valence-corrected chi connectivity index (χ3v) is 3.13. The number of ether oxygens (including phenoxy) is 2. The van der Waals surface area contributed by atoms with Crippen LogP contribution >= 0.6 is 11.6 Å². The predicted molar refractivity (Wildman–Crippen MR) is 91.3 cm³/mol. The van der Waals surface area contributed by atoms with Gasteiger partial charge in [-0.1, -0.05) is 0 Å². The minimum absolute atomic E-state index is 0.0833. The fourth-order valence-electron chi connectivity index (χ4n) is 1.91. The van der Waals surface area contributed by atoms with Gasteiger partial charge in [-0.2, -0.15) is 0 Å². The van der Waals surface area contributed by atoms with Crippen LogP contribution in [0.5, 0.6) is 0 Å². The van der Waals surface area contributed by atoms with Crippen molar-refractivity contribution < 1.29 is 23.9 Å². The fraction of sp³-hybridized carbons (Fsp3) is 0.438. The van der Waals surface area contributed by atoms with Gasteiger partial charge >= 0.3 is 11.9 Å². The molecule has 0 spiro atoms. The molecule has 1 aromatic carbocycles. The molecule has 0 fully saturated rings. The van der Waals surface area contributed by atoms with Crippen LogP contribution in [-0.4, -0.2) is 50.0 Å². The topological polar surface area (TPSA) is 84.9 Å². The van der Waals surface area contributed by atoms with E-state index in [1.165, 1.54) is 0 Å². The minimum atomic E-state index is -0.443. The van der Waals surface area contributed by atoms with Crippen molar-refractivity contribution in [1.29, 1.82) is 0 Å². The summed E-state index contributed by atoms with van der Waals surface area (Å²) in [6.45, 7) is 3.77. The summed E-state index contributed by atoms with van der Waals surface area (Å²) in [6.07, 6.45) is 0. The third kappa shape index (κ3) is 6.87. The lowest BCUT2D eigenvalue weighted by Crippen LogP contribution is -2.36. The highest BCUT2D eigenvalue weighted by Crippen LogP contribution is 2.18. The summed E-state index contributed by atoms with van der Waals surface area (Å²) in [6, 6.07) is 6.68. The molecule has 7 nitrogen and oxygen atoms in total. The van der Waals surface area contributed by atoms with Crippen molar-refractivity contribution in [1.82, 2.24) is 0 Å². The first-order valence-electron chi connectivity index (χ1n) is 7.52. The summed E-state index contributed by atoms with van der Waals surface area (Å²) in [7, 11) is 0. The predicted octanol–water partition coefficient (Wildman–Crippen LogP) is 1.80. The first-order chi connectivity index (χ1) is 11.5. The molecule has 1 rings (SSSR count). The second kappa shape index (κ2) is 10.5. The number of anilines is 2. The maximum absolute atomic E-state index is 11.7. The van der Waals surface area contributed by atoms with E-state index in [1.807, 2.05) is 0 Å². The van der Waals surface area contributed by atoms with E-state index in [-0.39, 0.29) is 38.1 Å². The zero-order valence-electron chi connectivity index (χ0n) is 13.7. The van der Waals surface area contributed by atoms with E-state index in [9.17, 15) is 14.4 Å². The highest BCUT2D eigenvalue weighted by molar-refractivity contribution is 6.29. The number of esters is 2. The number of amides is 1. The quantitative estimate of drug-likeness (QED) is 0.536. The lowest BCUT2D eigenvalue weighted by molar-refractivity contribution is -0.142. The lowest BCUT2D eigenvalue weighted by Gasteiger charge is -2.23. The van der Waals surface area contributed by atoms with Gasteiger partial charge in [0.05, 0.1) is 13.2 Å². The summed E-state index contributed by atoms with van der Waals surface area (Å²) >= 11 is 5.43. The average molecular weight is 357 g/mol. The van der Waals surface area contributed by atoms with Crippen LogP contribution in [0.1, 0.15) is 13.8 Å². The van der Waals surface area contributed by atoms with Gasteiger partial charge in [-0.3, -0.25) is 14.4 Å². The zero-order chi connectivity index (χ0) is 17.9. The Hall–Kier alpha value is -2.28. The van der Waals surface area contributed by atoms with E-state index in [0.717, 1.165) is 0 Å². The Kier molecular flexibility index (Phi) is 8.64. The number of rotatable bonds is 9. The summed E-state index contributed by atoms with van der Waals surface area (Å²) in [4.78, 5) is 36.3. The molecule has 0 heterocycles. The Balaban J connectivity index is 2.85. The van der Waals surface area contributed by atoms with Crippen molar-refractivity contribution in [2.45, 2.75) is 13.8 Å². The average Bonchev–Trinajstić information content (AvgIpc) is 2.55. The van der Waals surface area contributed by atoms with Gasteiger partial charge in [-0.25, -0.2) is 0 Å². The highest BCUT2D eigenvalue weighted by Gasteiger charge is 2.17. The molecule has 0 aliphatic carbocycles. The van der Waals surface area contributed by atoms with Crippen LogP contribution in [0, 0.1) is 0 Å². The van der Waals surface area contributed by atoms with Gasteiger partial charge in [-0.15, -0.1) is 11.6 Å². The Bertz CT molecular complexity index is 542. The zero-order valence-corrected chi connectivity index (χ0v) is 14.5. The molecule has 0 saturated heterocycles. The molecule has 1 N–H and O–H groups in total. The molecule has 0 aliphatic rings. The number of carbonyl (C=O) groups is 3. The summed E-state index contributed by atoms with van der Waals surface area (Å²) in [5.41, 5.74) is 1.19. The minimum Gasteiger partial charge on any atom is -0.465 e. The molecule has 0 bridgehead atoms. The van der Waals surface area contributed by atoms with E-state index in [4.69, 9.17) is 21.1 Å². The van der Waals surface area contributed by atoms with E-state index in [2.05, 4.69) is 5.32 Å². The molecule has 0 saturated carbocycles. The van der Waals surface area contributed by atoms with Gasteiger partial charge in [0, 0.05) is 11.4 Å². The van der Waals surface area contributed by atoms with Crippen LogP contribution in [-0.2, 0) is 23.9 Å². The molecular formula is C16H21ClN2O5. The first kappa shape index (κ1) is 19.8. The number of nitrogens with zero attached hydrogens (tertiary/aromatic N) is 1. The number of hydrogen-bond donors (Lipinski definition) is 1. The fourth-order valence-corrected chi connectivity index (χ4v) is 1.98. The van der Waals surface area contributed by atoms with E-state index >= 15 is 0 Å². The van der Waals surface area contributed by atoms with Crippen LogP contribution in [0.4, 0.5) is 11.4 Å².